The second-order valence-electron chi connectivity index (χ2n) is 3.14. The fraction of sp³-hybridized carbons (Fsp3) is 0.750. The minimum Gasteiger partial charge on any atom is -0.465 e. The molecule has 1 fully saturated rings. The van der Waals surface area contributed by atoms with E-state index >= 15 is 0 Å². The molecule has 1 rings (SSSR count). The average Bonchev–Trinajstić information content (AvgIpc) is 2.04. The average molecular weight is 171 g/mol. The lowest BCUT2D eigenvalue weighted by Gasteiger charge is -2.27. The van der Waals surface area contributed by atoms with E-state index in [4.69, 9.17) is 5.11 Å². The van der Waals surface area contributed by atoms with Gasteiger partial charge >= 0.3 is 6.09 Å². The van der Waals surface area contributed by atoms with Gasteiger partial charge in [0, 0.05) is 12.0 Å². The predicted octanol–water partition coefficient (Wildman–Crippen LogP) is 1.01. The summed E-state index contributed by atoms with van der Waals surface area (Å²) >= 11 is 0. The third-order valence-corrected chi connectivity index (χ3v) is 2.30. The molecule has 12 heavy (non-hydrogen) atoms. The summed E-state index contributed by atoms with van der Waals surface area (Å²) < 4.78 is 0. The molecule has 68 valence electrons. The quantitative estimate of drug-likeness (QED) is 0.609. The Morgan fingerprint density at radius 1 is 1.42 bits per heavy atom. The molecule has 1 saturated carbocycles. The summed E-state index contributed by atoms with van der Waals surface area (Å²) in [7, 11) is 0. The zero-order valence-electron chi connectivity index (χ0n) is 6.82. The highest BCUT2D eigenvalue weighted by Crippen LogP contribution is 2.22. The van der Waals surface area contributed by atoms with Crippen molar-refractivity contribution in [2.75, 3.05) is 0 Å². The Balaban J connectivity index is 2.46. The first-order valence-electron chi connectivity index (χ1n) is 4.19. The second kappa shape index (κ2) is 4.09. The van der Waals surface area contributed by atoms with Gasteiger partial charge in [-0.2, -0.15) is 0 Å². The highest BCUT2D eigenvalue weighted by molar-refractivity contribution is 5.66. The van der Waals surface area contributed by atoms with Gasteiger partial charge in [0.1, 0.15) is 6.29 Å². The molecule has 2 N–H and O–H groups in total. The normalized spacial score (nSPS) is 29.3. The Labute approximate surface area is 71.0 Å². The summed E-state index contributed by atoms with van der Waals surface area (Å²) in [6.07, 6.45) is 3.47. The zero-order chi connectivity index (χ0) is 8.97. The van der Waals surface area contributed by atoms with Crippen LogP contribution in [-0.2, 0) is 4.79 Å². The zero-order valence-corrected chi connectivity index (χ0v) is 6.82. The first-order valence-corrected chi connectivity index (χ1v) is 4.19. The van der Waals surface area contributed by atoms with Crippen LogP contribution in [0.3, 0.4) is 0 Å². The topological polar surface area (TPSA) is 66.4 Å². The first kappa shape index (κ1) is 9.03. The van der Waals surface area contributed by atoms with E-state index in [1.807, 2.05) is 0 Å². The molecule has 0 aliphatic heterocycles. The summed E-state index contributed by atoms with van der Waals surface area (Å²) in [5, 5.41) is 10.8. The lowest BCUT2D eigenvalue weighted by atomic mass is 9.86. The molecular weight excluding hydrogens is 158 g/mol. The van der Waals surface area contributed by atoms with Gasteiger partial charge in [0.05, 0.1) is 0 Å². The van der Waals surface area contributed by atoms with Crippen molar-refractivity contribution in [3.05, 3.63) is 0 Å². The van der Waals surface area contributed by atoms with Gasteiger partial charge in [0.15, 0.2) is 0 Å². The van der Waals surface area contributed by atoms with E-state index in [9.17, 15) is 9.59 Å². The molecule has 4 heteroatoms. The molecular formula is C8H13NO3. The highest BCUT2D eigenvalue weighted by atomic mass is 16.4. The third-order valence-electron chi connectivity index (χ3n) is 2.30. The van der Waals surface area contributed by atoms with Crippen molar-refractivity contribution in [1.29, 1.82) is 0 Å². The van der Waals surface area contributed by atoms with E-state index < -0.39 is 6.09 Å². The van der Waals surface area contributed by atoms with E-state index in [2.05, 4.69) is 5.32 Å². The van der Waals surface area contributed by atoms with E-state index in [-0.39, 0.29) is 12.0 Å². The van der Waals surface area contributed by atoms with Crippen LogP contribution in [0.4, 0.5) is 4.79 Å². The second-order valence-corrected chi connectivity index (χ2v) is 3.14. The predicted molar refractivity (Wildman–Crippen MR) is 43.0 cm³/mol. The molecule has 0 spiro atoms. The molecule has 1 aliphatic carbocycles. The third kappa shape index (κ3) is 2.22. The Morgan fingerprint density at radius 2 is 2.08 bits per heavy atom. The number of carbonyl (C=O) groups excluding carboxylic acids is 1. The van der Waals surface area contributed by atoms with Gasteiger partial charge in [-0.3, -0.25) is 0 Å². The standard InChI is InChI=1S/C8H13NO3/c10-5-6-3-1-2-4-7(6)9-8(11)12/h5-7,9H,1-4H2,(H,11,12)/t6-,7+/m1/s1. The molecule has 0 aromatic rings. The number of aldehydes is 1. The summed E-state index contributed by atoms with van der Waals surface area (Å²) in [6.45, 7) is 0. The summed E-state index contributed by atoms with van der Waals surface area (Å²) in [4.78, 5) is 20.8. The molecule has 0 aromatic heterocycles. The van der Waals surface area contributed by atoms with Crippen LogP contribution in [0.5, 0.6) is 0 Å². The van der Waals surface area contributed by atoms with Gasteiger partial charge < -0.3 is 15.2 Å². The van der Waals surface area contributed by atoms with Crippen molar-refractivity contribution in [2.24, 2.45) is 5.92 Å². The van der Waals surface area contributed by atoms with E-state index in [1.165, 1.54) is 0 Å². The lowest BCUT2D eigenvalue weighted by molar-refractivity contribution is -0.112. The van der Waals surface area contributed by atoms with Gasteiger partial charge in [-0.25, -0.2) is 4.79 Å². The number of rotatable bonds is 2. The Kier molecular flexibility index (Phi) is 3.08. The molecule has 0 bridgehead atoms. The van der Waals surface area contributed by atoms with Crippen molar-refractivity contribution in [3.8, 4) is 0 Å². The van der Waals surface area contributed by atoms with Gasteiger partial charge in [0.2, 0.25) is 0 Å². The fourth-order valence-electron chi connectivity index (χ4n) is 1.66. The molecule has 2 atom stereocenters. The Hall–Kier alpha value is -1.06. The SMILES string of the molecule is O=C[C@H]1CCCC[C@@H]1NC(=O)O. The van der Waals surface area contributed by atoms with Crippen LogP contribution in [0.2, 0.25) is 0 Å². The van der Waals surface area contributed by atoms with E-state index in [0.29, 0.717) is 0 Å². The van der Waals surface area contributed by atoms with Crippen LogP contribution in [0.25, 0.3) is 0 Å². The molecule has 0 radical (unpaired) electrons. The largest absolute Gasteiger partial charge is 0.465 e. The van der Waals surface area contributed by atoms with Crippen molar-refractivity contribution in [2.45, 2.75) is 31.7 Å². The first-order chi connectivity index (χ1) is 5.74. The fourth-order valence-corrected chi connectivity index (χ4v) is 1.66. The van der Waals surface area contributed by atoms with E-state index in [0.717, 1.165) is 32.0 Å². The number of amides is 1. The maximum absolute atomic E-state index is 10.5. The summed E-state index contributed by atoms with van der Waals surface area (Å²) in [5.41, 5.74) is 0. The van der Waals surface area contributed by atoms with Gasteiger partial charge in [-0.15, -0.1) is 0 Å². The van der Waals surface area contributed by atoms with Crippen LogP contribution in [0.15, 0.2) is 0 Å². The van der Waals surface area contributed by atoms with Crippen molar-refractivity contribution in [1.82, 2.24) is 5.32 Å². The monoisotopic (exact) mass is 171 g/mol. The highest BCUT2D eigenvalue weighted by Gasteiger charge is 2.25. The maximum atomic E-state index is 10.5. The number of hydrogen-bond acceptors (Lipinski definition) is 2. The molecule has 0 heterocycles. The maximum Gasteiger partial charge on any atom is 0.404 e. The molecule has 4 nitrogen and oxygen atoms in total. The molecule has 1 amide bonds. The molecule has 0 aromatic carbocycles. The van der Waals surface area contributed by atoms with Crippen LogP contribution >= 0.6 is 0 Å². The van der Waals surface area contributed by atoms with Gasteiger partial charge in [-0.1, -0.05) is 12.8 Å². The van der Waals surface area contributed by atoms with E-state index in [1.54, 1.807) is 0 Å². The van der Waals surface area contributed by atoms with Gasteiger partial charge in [-0.05, 0) is 12.8 Å². The minimum absolute atomic E-state index is 0.116. The van der Waals surface area contributed by atoms with Crippen LogP contribution in [0.1, 0.15) is 25.7 Å². The molecule has 0 unspecified atom stereocenters. The van der Waals surface area contributed by atoms with Crippen LogP contribution in [0, 0.1) is 5.92 Å². The number of nitrogens with one attached hydrogen (secondary N) is 1. The van der Waals surface area contributed by atoms with Crippen molar-refractivity contribution < 1.29 is 14.7 Å². The lowest BCUT2D eigenvalue weighted by Crippen LogP contribution is -2.41. The summed E-state index contributed by atoms with van der Waals surface area (Å²) in [5.74, 6) is -0.116. The number of carbonyl (C=O) groups is 2. The smallest absolute Gasteiger partial charge is 0.404 e. The molecule has 1 aliphatic rings. The van der Waals surface area contributed by atoms with Gasteiger partial charge in [0.25, 0.3) is 0 Å². The van der Waals surface area contributed by atoms with Crippen LogP contribution < -0.4 is 5.32 Å². The number of carboxylic acid groups (broad SMARTS) is 1. The number of hydrogen-bond donors (Lipinski definition) is 2. The van der Waals surface area contributed by atoms with Crippen LogP contribution in [-0.4, -0.2) is 23.5 Å². The molecule has 0 saturated heterocycles. The minimum atomic E-state index is -1.03. The van der Waals surface area contributed by atoms with Crippen molar-refractivity contribution in [3.63, 3.8) is 0 Å². The van der Waals surface area contributed by atoms with Crippen molar-refractivity contribution >= 4 is 12.4 Å². The Morgan fingerprint density at radius 3 is 2.67 bits per heavy atom. The Bertz CT molecular complexity index is 181. The summed E-state index contributed by atoms with van der Waals surface area (Å²) in [6, 6.07) is -0.159.